The van der Waals surface area contributed by atoms with Gasteiger partial charge < -0.3 is 10.1 Å². The minimum atomic E-state index is -4.14. The van der Waals surface area contributed by atoms with E-state index in [4.69, 9.17) is 4.74 Å². The fourth-order valence-electron chi connectivity index (χ4n) is 1.76. The van der Waals surface area contributed by atoms with E-state index in [1.807, 2.05) is 24.3 Å². The van der Waals surface area contributed by atoms with Gasteiger partial charge in [0.15, 0.2) is 0 Å². The first-order valence-corrected chi connectivity index (χ1v) is 6.49. The summed E-state index contributed by atoms with van der Waals surface area (Å²) in [5, 5.41) is 3.40. The Balaban J connectivity index is 1.71. The Hall–Kier alpha value is -1.07. The van der Waals surface area contributed by atoms with E-state index in [2.05, 4.69) is 5.32 Å². The Labute approximate surface area is 111 Å². The van der Waals surface area contributed by atoms with Gasteiger partial charge in [0.1, 0.15) is 0 Å². The van der Waals surface area contributed by atoms with Gasteiger partial charge in [0.05, 0.1) is 19.6 Å². The highest BCUT2D eigenvalue weighted by Gasteiger charge is 2.26. The number of rotatable bonds is 7. The summed E-state index contributed by atoms with van der Waals surface area (Å²) < 4.78 is 40.9. The fourth-order valence-corrected chi connectivity index (χ4v) is 1.76. The maximum absolute atomic E-state index is 11.9. The molecule has 0 bridgehead atoms. The van der Waals surface area contributed by atoms with E-state index < -0.39 is 12.6 Å². The van der Waals surface area contributed by atoms with Crippen LogP contribution in [0.3, 0.4) is 0 Å². The Kier molecular flexibility index (Phi) is 4.82. The topological polar surface area (TPSA) is 21.3 Å². The van der Waals surface area contributed by atoms with Gasteiger partial charge in [0.2, 0.25) is 0 Å². The van der Waals surface area contributed by atoms with Crippen LogP contribution in [0.2, 0.25) is 0 Å². The zero-order valence-corrected chi connectivity index (χ0v) is 10.7. The third-order valence-corrected chi connectivity index (χ3v) is 2.96. The number of alkyl halides is 3. The van der Waals surface area contributed by atoms with Crippen LogP contribution in [0.4, 0.5) is 13.2 Å². The van der Waals surface area contributed by atoms with Crippen LogP contribution >= 0.6 is 0 Å². The number of nitrogens with one attached hydrogen (secondary N) is 1. The first kappa shape index (κ1) is 14.3. The van der Waals surface area contributed by atoms with Gasteiger partial charge in [0.25, 0.3) is 0 Å². The predicted octanol–water partition coefficient (Wildman–Crippen LogP) is 3.41. The van der Waals surface area contributed by atoms with Crippen LogP contribution in [0, 0.1) is 0 Å². The highest BCUT2D eigenvalue weighted by Crippen LogP contribution is 2.20. The molecule has 1 N–H and O–H groups in total. The first-order valence-electron chi connectivity index (χ1n) is 6.49. The molecule has 0 unspecified atom stereocenters. The van der Waals surface area contributed by atoms with Crippen molar-refractivity contribution in [2.24, 2.45) is 0 Å². The second-order valence-electron chi connectivity index (χ2n) is 4.89. The standard InChI is InChI=1S/C14H18F3NO/c15-14(16,17)6-7-19-10-12-3-1-2-11(8-12)9-18-13-4-5-13/h1-3,8,13,18H,4-7,9-10H2. The van der Waals surface area contributed by atoms with E-state index in [0.29, 0.717) is 6.04 Å². The van der Waals surface area contributed by atoms with Crippen molar-refractivity contribution in [3.05, 3.63) is 35.4 Å². The number of halogens is 3. The molecule has 1 aliphatic rings. The fraction of sp³-hybridized carbons (Fsp3) is 0.571. The van der Waals surface area contributed by atoms with Crippen LogP contribution in [-0.4, -0.2) is 18.8 Å². The molecule has 106 valence electrons. The molecule has 1 aromatic rings. The van der Waals surface area contributed by atoms with E-state index >= 15 is 0 Å². The lowest BCUT2D eigenvalue weighted by Crippen LogP contribution is -2.15. The molecule has 0 atom stereocenters. The molecule has 5 heteroatoms. The second kappa shape index (κ2) is 6.39. The van der Waals surface area contributed by atoms with Crippen molar-refractivity contribution < 1.29 is 17.9 Å². The largest absolute Gasteiger partial charge is 0.391 e. The summed E-state index contributed by atoms with van der Waals surface area (Å²) in [5.74, 6) is 0. The van der Waals surface area contributed by atoms with E-state index in [-0.39, 0.29) is 13.2 Å². The van der Waals surface area contributed by atoms with E-state index in [1.165, 1.54) is 12.8 Å². The molecule has 1 aliphatic carbocycles. The second-order valence-corrected chi connectivity index (χ2v) is 4.89. The van der Waals surface area contributed by atoms with Crippen molar-refractivity contribution in [2.75, 3.05) is 6.61 Å². The van der Waals surface area contributed by atoms with E-state index in [1.54, 1.807) is 0 Å². The summed E-state index contributed by atoms with van der Waals surface area (Å²) >= 11 is 0. The highest BCUT2D eigenvalue weighted by molar-refractivity contribution is 5.23. The van der Waals surface area contributed by atoms with Crippen LogP contribution < -0.4 is 5.32 Å². The monoisotopic (exact) mass is 273 g/mol. The van der Waals surface area contributed by atoms with Crippen molar-refractivity contribution in [3.8, 4) is 0 Å². The molecule has 1 saturated carbocycles. The number of benzene rings is 1. The van der Waals surface area contributed by atoms with E-state index in [0.717, 1.165) is 17.7 Å². The van der Waals surface area contributed by atoms with Gasteiger partial charge in [-0.25, -0.2) is 0 Å². The minimum Gasteiger partial charge on any atom is -0.376 e. The van der Waals surface area contributed by atoms with E-state index in [9.17, 15) is 13.2 Å². The van der Waals surface area contributed by atoms with Crippen LogP contribution in [-0.2, 0) is 17.9 Å². The van der Waals surface area contributed by atoms with Gasteiger partial charge >= 0.3 is 6.18 Å². The lowest BCUT2D eigenvalue weighted by Gasteiger charge is -2.09. The highest BCUT2D eigenvalue weighted by atomic mass is 19.4. The average Bonchev–Trinajstić information content (AvgIpc) is 3.16. The van der Waals surface area contributed by atoms with Gasteiger partial charge in [-0.2, -0.15) is 13.2 Å². The van der Waals surface area contributed by atoms with Crippen LogP contribution in [0.25, 0.3) is 0 Å². The summed E-state index contributed by atoms with van der Waals surface area (Å²) in [7, 11) is 0. The van der Waals surface area contributed by atoms with Gasteiger partial charge in [-0.05, 0) is 24.0 Å². The summed E-state index contributed by atoms with van der Waals surface area (Å²) in [6, 6.07) is 8.41. The van der Waals surface area contributed by atoms with Crippen molar-refractivity contribution in [3.63, 3.8) is 0 Å². The zero-order valence-electron chi connectivity index (χ0n) is 10.7. The molecule has 0 saturated heterocycles. The molecule has 1 aromatic carbocycles. The summed E-state index contributed by atoms with van der Waals surface area (Å²) in [6.45, 7) is 0.752. The summed E-state index contributed by atoms with van der Waals surface area (Å²) in [6.07, 6.45) is -2.56. The lowest BCUT2D eigenvalue weighted by molar-refractivity contribution is -0.146. The number of hydrogen-bond acceptors (Lipinski definition) is 2. The predicted molar refractivity (Wildman–Crippen MR) is 66.6 cm³/mol. The summed E-state index contributed by atoms with van der Waals surface area (Å²) in [4.78, 5) is 0. The SMILES string of the molecule is FC(F)(F)CCOCc1cccc(CNC2CC2)c1. The maximum Gasteiger partial charge on any atom is 0.391 e. The number of ether oxygens (including phenoxy) is 1. The van der Waals surface area contributed by atoms with Crippen LogP contribution in [0.15, 0.2) is 24.3 Å². The molecule has 0 radical (unpaired) electrons. The van der Waals surface area contributed by atoms with Crippen molar-refractivity contribution in [2.45, 2.75) is 44.6 Å². The van der Waals surface area contributed by atoms with Crippen LogP contribution in [0.1, 0.15) is 30.4 Å². The normalized spacial score (nSPS) is 15.7. The molecule has 0 amide bonds. The molecule has 1 fully saturated rings. The van der Waals surface area contributed by atoms with Crippen molar-refractivity contribution in [1.82, 2.24) is 5.32 Å². The Bertz CT molecular complexity index is 402. The first-order chi connectivity index (χ1) is 9.03. The molecular weight excluding hydrogens is 255 g/mol. The smallest absolute Gasteiger partial charge is 0.376 e. The minimum absolute atomic E-state index is 0.230. The quantitative estimate of drug-likeness (QED) is 0.769. The third-order valence-electron chi connectivity index (χ3n) is 2.96. The maximum atomic E-state index is 11.9. The molecule has 0 heterocycles. The Morgan fingerprint density at radius 3 is 2.63 bits per heavy atom. The third kappa shape index (κ3) is 6.07. The molecule has 19 heavy (non-hydrogen) atoms. The molecule has 2 rings (SSSR count). The molecule has 0 spiro atoms. The van der Waals surface area contributed by atoms with Gasteiger partial charge in [0, 0.05) is 12.6 Å². The van der Waals surface area contributed by atoms with Crippen LogP contribution in [0.5, 0.6) is 0 Å². The van der Waals surface area contributed by atoms with Gasteiger partial charge in [-0.15, -0.1) is 0 Å². The number of hydrogen-bond donors (Lipinski definition) is 1. The Morgan fingerprint density at radius 1 is 1.21 bits per heavy atom. The van der Waals surface area contributed by atoms with Crippen molar-refractivity contribution in [1.29, 1.82) is 0 Å². The Morgan fingerprint density at radius 2 is 1.95 bits per heavy atom. The molecule has 2 nitrogen and oxygen atoms in total. The van der Waals surface area contributed by atoms with Gasteiger partial charge in [-0.1, -0.05) is 24.3 Å². The molecular formula is C14H18F3NO. The average molecular weight is 273 g/mol. The molecule has 0 aliphatic heterocycles. The summed E-state index contributed by atoms with van der Waals surface area (Å²) in [5.41, 5.74) is 2.06. The van der Waals surface area contributed by atoms with Gasteiger partial charge in [-0.3, -0.25) is 0 Å². The van der Waals surface area contributed by atoms with Crippen molar-refractivity contribution >= 4 is 0 Å². The zero-order chi connectivity index (χ0) is 13.7. The molecule has 0 aromatic heterocycles. The lowest BCUT2D eigenvalue weighted by atomic mass is 10.1.